The van der Waals surface area contributed by atoms with E-state index < -0.39 is 17.4 Å². The fraction of sp³-hybridized carbons (Fsp3) is 0.579. The van der Waals surface area contributed by atoms with Gasteiger partial charge in [-0.3, -0.25) is 14.5 Å². The van der Waals surface area contributed by atoms with Gasteiger partial charge in [-0.1, -0.05) is 18.0 Å². The lowest BCUT2D eigenvalue weighted by atomic mass is 9.81. The van der Waals surface area contributed by atoms with E-state index in [1.165, 1.54) is 7.11 Å². The topological polar surface area (TPSA) is 78.9 Å². The van der Waals surface area contributed by atoms with Crippen LogP contribution in [0.2, 0.25) is 5.02 Å². The maximum absolute atomic E-state index is 12.8. The van der Waals surface area contributed by atoms with Crippen molar-refractivity contribution in [3.8, 4) is 5.75 Å². The van der Waals surface area contributed by atoms with Crippen LogP contribution < -0.4 is 10.1 Å². The molecule has 0 aromatic heterocycles. The molecule has 26 heavy (non-hydrogen) atoms. The molecular weight excluding hydrogens is 356 g/mol. The first kappa shape index (κ1) is 19.0. The number of aryl methyl sites for hydroxylation is 1. The van der Waals surface area contributed by atoms with E-state index in [9.17, 15) is 14.7 Å². The molecule has 1 aliphatic heterocycles. The molecule has 0 bridgehead atoms. The number of likely N-dealkylation sites (tertiary alicyclic amines) is 1. The van der Waals surface area contributed by atoms with Gasteiger partial charge in [0.1, 0.15) is 5.75 Å². The van der Waals surface area contributed by atoms with Crippen molar-refractivity contribution < 1.29 is 19.4 Å². The number of aliphatic carboxylic acids is 1. The first-order valence-corrected chi connectivity index (χ1v) is 9.28. The summed E-state index contributed by atoms with van der Waals surface area (Å²) < 4.78 is 5.30. The maximum atomic E-state index is 12.8. The van der Waals surface area contributed by atoms with E-state index in [2.05, 4.69) is 5.32 Å². The van der Waals surface area contributed by atoms with Crippen molar-refractivity contribution in [3.05, 3.63) is 22.7 Å². The minimum atomic E-state index is -0.731. The molecule has 142 valence electrons. The number of ether oxygens (including phenoxy) is 1. The number of halogens is 1. The van der Waals surface area contributed by atoms with Gasteiger partial charge in [-0.15, -0.1) is 0 Å². The standard InChI is InChI=1S/C19H25ClN2O4/c1-11-7-15(16(26-3)8-14(11)20)21-17(23)12(2)22-9-13-5-4-6-19(13,10-22)18(24)25/h7-8,12-13H,4-6,9-10H2,1-3H3,(H,21,23)(H,24,25)/t12?,13-,19+/m0/s1. The van der Waals surface area contributed by atoms with Crippen LogP contribution in [-0.4, -0.2) is 48.1 Å². The van der Waals surface area contributed by atoms with Crippen LogP contribution in [-0.2, 0) is 9.59 Å². The van der Waals surface area contributed by atoms with E-state index in [4.69, 9.17) is 16.3 Å². The number of carbonyl (C=O) groups excluding carboxylic acids is 1. The van der Waals surface area contributed by atoms with Gasteiger partial charge < -0.3 is 15.2 Å². The number of hydrogen-bond acceptors (Lipinski definition) is 4. The molecule has 2 fully saturated rings. The number of carbonyl (C=O) groups is 2. The molecule has 1 aromatic carbocycles. The summed E-state index contributed by atoms with van der Waals surface area (Å²) >= 11 is 6.11. The third-order valence-electron chi connectivity index (χ3n) is 5.99. The summed E-state index contributed by atoms with van der Waals surface area (Å²) in [5, 5.41) is 13.2. The summed E-state index contributed by atoms with van der Waals surface area (Å²) in [6, 6.07) is 3.04. The van der Waals surface area contributed by atoms with Crippen molar-refractivity contribution in [1.29, 1.82) is 0 Å². The molecule has 3 rings (SSSR count). The van der Waals surface area contributed by atoms with Gasteiger partial charge in [-0.2, -0.15) is 0 Å². The normalized spacial score (nSPS) is 26.4. The van der Waals surface area contributed by atoms with Crippen molar-refractivity contribution in [3.63, 3.8) is 0 Å². The Morgan fingerprint density at radius 1 is 1.46 bits per heavy atom. The maximum Gasteiger partial charge on any atom is 0.311 e. The van der Waals surface area contributed by atoms with E-state index in [0.29, 0.717) is 36.0 Å². The van der Waals surface area contributed by atoms with E-state index in [0.717, 1.165) is 18.4 Å². The summed E-state index contributed by atoms with van der Waals surface area (Å²) in [5.74, 6) is -0.278. The Bertz CT molecular complexity index is 738. The number of methoxy groups -OCH3 is 1. The van der Waals surface area contributed by atoms with Crippen molar-refractivity contribution in [2.75, 3.05) is 25.5 Å². The van der Waals surface area contributed by atoms with Gasteiger partial charge in [0.15, 0.2) is 0 Å². The molecule has 1 saturated heterocycles. The number of anilines is 1. The SMILES string of the molecule is COc1cc(Cl)c(C)cc1NC(=O)C(C)N1C[C@@H]2CCC[C@@]2(C(=O)O)C1. The monoisotopic (exact) mass is 380 g/mol. The molecule has 3 atom stereocenters. The number of hydrogen-bond donors (Lipinski definition) is 2. The van der Waals surface area contributed by atoms with Crippen molar-refractivity contribution >= 4 is 29.2 Å². The molecule has 2 aliphatic rings. The molecule has 1 heterocycles. The predicted molar refractivity (Wildman–Crippen MR) is 99.8 cm³/mol. The van der Waals surface area contributed by atoms with Gasteiger partial charge in [0.2, 0.25) is 5.91 Å². The van der Waals surface area contributed by atoms with Crippen LogP contribution >= 0.6 is 11.6 Å². The van der Waals surface area contributed by atoms with Crippen LogP contribution in [0.3, 0.4) is 0 Å². The Kier molecular flexibility index (Phi) is 5.17. The second-order valence-corrected chi connectivity index (χ2v) is 7.85. The van der Waals surface area contributed by atoms with Crippen LogP contribution in [0, 0.1) is 18.3 Å². The zero-order valence-corrected chi connectivity index (χ0v) is 16.1. The Hall–Kier alpha value is -1.79. The van der Waals surface area contributed by atoms with Gasteiger partial charge in [0, 0.05) is 24.2 Å². The second-order valence-electron chi connectivity index (χ2n) is 7.45. The Labute approximate surface area is 158 Å². The first-order valence-electron chi connectivity index (χ1n) is 8.91. The summed E-state index contributed by atoms with van der Waals surface area (Å²) in [4.78, 5) is 26.6. The summed E-state index contributed by atoms with van der Waals surface area (Å²) in [5.41, 5.74) is 0.720. The van der Waals surface area contributed by atoms with Crippen LogP contribution in [0.15, 0.2) is 12.1 Å². The molecule has 0 radical (unpaired) electrons. The number of nitrogens with zero attached hydrogens (tertiary/aromatic N) is 1. The number of carboxylic acid groups (broad SMARTS) is 1. The van der Waals surface area contributed by atoms with Gasteiger partial charge in [0.25, 0.3) is 0 Å². The number of carboxylic acids is 1. The van der Waals surface area contributed by atoms with Crippen LogP contribution in [0.5, 0.6) is 5.75 Å². The summed E-state index contributed by atoms with van der Waals surface area (Å²) in [7, 11) is 1.53. The highest BCUT2D eigenvalue weighted by Gasteiger charge is 2.55. The predicted octanol–water partition coefficient (Wildman–Crippen LogP) is 3.17. The van der Waals surface area contributed by atoms with Crippen LogP contribution in [0.1, 0.15) is 31.7 Å². The van der Waals surface area contributed by atoms with Gasteiger partial charge in [-0.25, -0.2) is 0 Å². The minimum absolute atomic E-state index is 0.127. The molecular formula is C19H25ClN2O4. The fourth-order valence-electron chi connectivity index (χ4n) is 4.31. The number of fused-ring (bicyclic) bond motifs is 1. The van der Waals surface area contributed by atoms with E-state index in [1.807, 2.05) is 18.7 Å². The number of nitrogens with one attached hydrogen (secondary N) is 1. The molecule has 2 N–H and O–H groups in total. The highest BCUT2D eigenvalue weighted by atomic mass is 35.5. The Morgan fingerprint density at radius 2 is 2.19 bits per heavy atom. The lowest BCUT2D eigenvalue weighted by molar-refractivity contribution is -0.149. The molecule has 1 aromatic rings. The highest BCUT2D eigenvalue weighted by Crippen LogP contribution is 2.49. The van der Waals surface area contributed by atoms with E-state index >= 15 is 0 Å². The third-order valence-corrected chi connectivity index (χ3v) is 6.40. The zero-order chi connectivity index (χ0) is 19.1. The lowest BCUT2D eigenvalue weighted by Crippen LogP contribution is -2.43. The number of rotatable bonds is 5. The Balaban J connectivity index is 1.74. The van der Waals surface area contributed by atoms with Gasteiger partial charge in [0.05, 0.1) is 24.3 Å². The van der Waals surface area contributed by atoms with Crippen LogP contribution in [0.4, 0.5) is 5.69 Å². The Morgan fingerprint density at radius 3 is 2.81 bits per heavy atom. The average molecular weight is 381 g/mol. The van der Waals surface area contributed by atoms with Crippen molar-refractivity contribution in [2.45, 2.75) is 39.2 Å². The summed E-state index contributed by atoms with van der Waals surface area (Å²) in [6.07, 6.45) is 2.57. The van der Waals surface area contributed by atoms with Gasteiger partial charge in [-0.05, 0) is 44.2 Å². The van der Waals surface area contributed by atoms with Crippen LogP contribution in [0.25, 0.3) is 0 Å². The molecule has 0 spiro atoms. The largest absolute Gasteiger partial charge is 0.495 e. The number of amides is 1. The molecule has 6 nitrogen and oxygen atoms in total. The van der Waals surface area contributed by atoms with E-state index in [-0.39, 0.29) is 11.8 Å². The van der Waals surface area contributed by atoms with E-state index in [1.54, 1.807) is 12.1 Å². The highest BCUT2D eigenvalue weighted by molar-refractivity contribution is 6.31. The minimum Gasteiger partial charge on any atom is -0.495 e. The molecule has 1 amide bonds. The second kappa shape index (κ2) is 7.08. The quantitative estimate of drug-likeness (QED) is 0.820. The smallest absolute Gasteiger partial charge is 0.311 e. The molecule has 7 heteroatoms. The van der Waals surface area contributed by atoms with Crippen molar-refractivity contribution in [1.82, 2.24) is 4.90 Å². The zero-order valence-electron chi connectivity index (χ0n) is 15.3. The molecule has 1 unspecified atom stereocenters. The van der Waals surface area contributed by atoms with Gasteiger partial charge >= 0.3 is 5.97 Å². The number of benzene rings is 1. The molecule has 1 saturated carbocycles. The average Bonchev–Trinajstić information content (AvgIpc) is 3.15. The molecule has 1 aliphatic carbocycles. The van der Waals surface area contributed by atoms with Crippen molar-refractivity contribution in [2.24, 2.45) is 11.3 Å². The fourth-order valence-corrected chi connectivity index (χ4v) is 4.46. The third kappa shape index (κ3) is 3.16. The summed E-state index contributed by atoms with van der Waals surface area (Å²) in [6.45, 7) is 4.76. The first-order chi connectivity index (χ1) is 12.3. The lowest BCUT2D eigenvalue weighted by Gasteiger charge is -2.26.